The van der Waals surface area contributed by atoms with E-state index >= 15 is 0 Å². The molecule has 21 heavy (non-hydrogen) atoms. The summed E-state index contributed by atoms with van der Waals surface area (Å²) in [5, 5.41) is 9.15. The van der Waals surface area contributed by atoms with Gasteiger partial charge in [-0.1, -0.05) is 6.92 Å². The molecule has 0 unspecified atom stereocenters. The molecule has 2 heterocycles. The molecule has 114 valence electrons. The molecule has 1 amide bonds. The number of H-pyrrole nitrogens is 2. The van der Waals surface area contributed by atoms with Crippen molar-refractivity contribution < 1.29 is 4.79 Å². The minimum absolute atomic E-state index is 0.0876. The number of rotatable bonds is 6. The van der Waals surface area contributed by atoms with E-state index in [9.17, 15) is 9.59 Å². The van der Waals surface area contributed by atoms with Gasteiger partial charge in [0.15, 0.2) is 0 Å². The standard InChI is InChI=1S/C14H20N4O2S/c1-4-5-13-16-9(3)11(21-13)7-15-12(19)6-10-8(2)17-18-14(10)20/h4-7H2,1-3H3,(H,15,19)(H2,17,18,20). The highest BCUT2D eigenvalue weighted by molar-refractivity contribution is 7.11. The summed E-state index contributed by atoms with van der Waals surface area (Å²) in [4.78, 5) is 29.0. The van der Waals surface area contributed by atoms with E-state index in [1.807, 2.05) is 6.92 Å². The fourth-order valence-electron chi connectivity index (χ4n) is 2.06. The molecule has 0 radical (unpaired) electrons. The average molecular weight is 308 g/mol. The fourth-order valence-corrected chi connectivity index (χ4v) is 3.17. The van der Waals surface area contributed by atoms with E-state index in [-0.39, 0.29) is 17.9 Å². The predicted octanol–water partition coefficient (Wildman–Crippen LogP) is 1.59. The Labute approximate surface area is 127 Å². The Kier molecular flexibility index (Phi) is 4.95. The number of aromatic nitrogens is 3. The third-order valence-corrected chi connectivity index (χ3v) is 4.49. The van der Waals surface area contributed by atoms with E-state index in [0.717, 1.165) is 28.4 Å². The maximum absolute atomic E-state index is 11.9. The Bertz CT molecular complexity index is 683. The first kappa shape index (κ1) is 15.5. The van der Waals surface area contributed by atoms with Crippen LogP contribution < -0.4 is 10.9 Å². The summed E-state index contributed by atoms with van der Waals surface area (Å²) in [7, 11) is 0. The number of hydrogen-bond donors (Lipinski definition) is 3. The van der Waals surface area contributed by atoms with Gasteiger partial charge in [-0.05, 0) is 26.7 Å². The zero-order chi connectivity index (χ0) is 15.4. The van der Waals surface area contributed by atoms with Crippen LogP contribution in [0.25, 0.3) is 0 Å². The Morgan fingerprint density at radius 2 is 2.10 bits per heavy atom. The second-order valence-corrected chi connectivity index (χ2v) is 6.17. The van der Waals surface area contributed by atoms with Gasteiger partial charge >= 0.3 is 0 Å². The molecule has 0 aliphatic rings. The second kappa shape index (κ2) is 6.71. The zero-order valence-corrected chi connectivity index (χ0v) is 13.3. The lowest BCUT2D eigenvalue weighted by Crippen LogP contribution is -2.26. The Morgan fingerprint density at radius 1 is 1.33 bits per heavy atom. The van der Waals surface area contributed by atoms with E-state index in [1.54, 1.807) is 18.3 Å². The number of nitrogens with one attached hydrogen (secondary N) is 3. The highest BCUT2D eigenvalue weighted by Gasteiger charge is 2.13. The summed E-state index contributed by atoms with van der Waals surface area (Å²) in [5.74, 6) is -0.159. The van der Waals surface area contributed by atoms with Crippen molar-refractivity contribution in [3.63, 3.8) is 0 Å². The minimum Gasteiger partial charge on any atom is -0.351 e. The van der Waals surface area contributed by atoms with Crippen LogP contribution in [0.4, 0.5) is 0 Å². The molecule has 2 aromatic rings. The smallest absolute Gasteiger partial charge is 0.267 e. The third-order valence-electron chi connectivity index (χ3n) is 3.27. The molecule has 0 spiro atoms. The minimum atomic E-state index is -0.234. The highest BCUT2D eigenvalue weighted by atomic mass is 32.1. The zero-order valence-electron chi connectivity index (χ0n) is 12.5. The van der Waals surface area contributed by atoms with E-state index in [4.69, 9.17) is 0 Å². The van der Waals surface area contributed by atoms with Crippen LogP contribution in [0.1, 0.15) is 40.2 Å². The monoisotopic (exact) mass is 308 g/mol. The Morgan fingerprint density at radius 3 is 2.71 bits per heavy atom. The molecule has 0 aliphatic carbocycles. The Balaban J connectivity index is 1.94. The number of carbonyl (C=O) groups excluding carboxylic acids is 1. The van der Waals surface area contributed by atoms with E-state index in [2.05, 4.69) is 27.4 Å². The number of amides is 1. The topological polar surface area (TPSA) is 90.6 Å². The third kappa shape index (κ3) is 3.81. The summed E-state index contributed by atoms with van der Waals surface area (Å²) >= 11 is 1.64. The molecule has 0 fully saturated rings. The molecule has 0 aromatic carbocycles. The molecule has 6 nitrogen and oxygen atoms in total. The van der Waals surface area contributed by atoms with Crippen molar-refractivity contribution in [2.24, 2.45) is 0 Å². The van der Waals surface area contributed by atoms with E-state index in [0.29, 0.717) is 17.8 Å². The fraction of sp³-hybridized carbons (Fsp3) is 0.500. The van der Waals surface area contributed by atoms with Crippen molar-refractivity contribution >= 4 is 17.2 Å². The van der Waals surface area contributed by atoms with Crippen LogP contribution in [0.5, 0.6) is 0 Å². The van der Waals surface area contributed by atoms with Crippen molar-refractivity contribution in [3.8, 4) is 0 Å². The van der Waals surface area contributed by atoms with Crippen LogP contribution >= 0.6 is 11.3 Å². The number of nitrogens with zero attached hydrogens (tertiary/aromatic N) is 1. The van der Waals surface area contributed by atoms with Crippen LogP contribution in [0, 0.1) is 13.8 Å². The summed E-state index contributed by atoms with van der Waals surface area (Å²) in [5.41, 5.74) is 1.93. The average Bonchev–Trinajstić information content (AvgIpc) is 2.94. The van der Waals surface area contributed by atoms with Gasteiger partial charge in [-0.2, -0.15) is 0 Å². The molecule has 3 N–H and O–H groups in total. The van der Waals surface area contributed by atoms with Gasteiger partial charge in [-0.3, -0.25) is 14.7 Å². The van der Waals surface area contributed by atoms with Crippen molar-refractivity contribution in [1.82, 2.24) is 20.5 Å². The number of aryl methyl sites for hydroxylation is 3. The van der Waals surface area contributed by atoms with Gasteiger partial charge in [-0.15, -0.1) is 11.3 Å². The summed E-state index contributed by atoms with van der Waals surface area (Å²) in [6, 6.07) is 0. The lowest BCUT2D eigenvalue weighted by molar-refractivity contribution is -0.120. The number of hydrogen-bond acceptors (Lipinski definition) is 4. The van der Waals surface area contributed by atoms with Crippen LogP contribution in [0.2, 0.25) is 0 Å². The molecule has 0 aliphatic heterocycles. The maximum Gasteiger partial charge on any atom is 0.267 e. The van der Waals surface area contributed by atoms with Crippen LogP contribution in [0.15, 0.2) is 4.79 Å². The SMILES string of the molecule is CCCc1nc(C)c(CNC(=O)Cc2c(C)[nH][nH]c2=O)s1. The lowest BCUT2D eigenvalue weighted by atomic mass is 10.2. The van der Waals surface area contributed by atoms with Gasteiger partial charge in [0.05, 0.1) is 23.7 Å². The predicted molar refractivity (Wildman–Crippen MR) is 82.5 cm³/mol. The maximum atomic E-state index is 11.9. The van der Waals surface area contributed by atoms with Gasteiger partial charge < -0.3 is 10.4 Å². The van der Waals surface area contributed by atoms with Crippen LogP contribution in [-0.4, -0.2) is 21.1 Å². The van der Waals surface area contributed by atoms with E-state index in [1.165, 1.54) is 0 Å². The molecule has 2 rings (SSSR count). The largest absolute Gasteiger partial charge is 0.351 e. The lowest BCUT2D eigenvalue weighted by Gasteiger charge is -2.03. The van der Waals surface area contributed by atoms with Crippen LogP contribution in [-0.2, 0) is 24.2 Å². The van der Waals surface area contributed by atoms with Crippen molar-refractivity contribution in [1.29, 1.82) is 0 Å². The number of thiazole rings is 1. The first-order valence-corrected chi connectivity index (χ1v) is 7.81. The first-order valence-electron chi connectivity index (χ1n) is 6.99. The molecule has 0 saturated carbocycles. The van der Waals surface area contributed by atoms with Gasteiger partial charge in [0.1, 0.15) is 0 Å². The van der Waals surface area contributed by atoms with Crippen molar-refractivity contribution in [2.75, 3.05) is 0 Å². The normalized spacial score (nSPS) is 10.8. The molecule has 0 bridgehead atoms. The van der Waals surface area contributed by atoms with Crippen molar-refractivity contribution in [2.45, 2.75) is 46.6 Å². The summed E-state index contributed by atoms with van der Waals surface area (Å²) in [6.07, 6.45) is 2.12. The number of carbonyl (C=O) groups is 1. The first-order chi connectivity index (χ1) is 10.0. The molecular formula is C14H20N4O2S. The quantitative estimate of drug-likeness (QED) is 0.757. The van der Waals surface area contributed by atoms with Gasteiger partial charge in [0, 0.05) is 16.1 Å². The molecule has 7 heteroatoms. The van der Waals surface area contributed by atoms with E-state index < -0.39 is 0 Å². The summed E-state index contributed by atoms with van der Waals surface area (Å²) < 4.78 is 0. The molecule has 0 saturated heterocycles. The molecule has 0 atom stereocenters. The van der Waals surface area contributed by atoms with Gasteiger partial charge in [0.2, 0.25) is 5.91 Å². The van der Waals surface area contributed by atoms with Gasteiger partial charge in [0.25, 0.3) is 5.56 Å². The van der Waals surface area contributed by atoms with Crippen molar-refractivity contribution in [3.05, 3.63) is 37.2 Å². The molecule has 2 aromatic heterocycles. The van der Waals surface area contributed by atoms with Crippen LogP contribution in [0.3, 0.4) is 0 Å². The Hall–Kier alpha value is -1.89. The second-order valence-electron chi connectivity index (χ2n) is 5.00. The molecular weight excluding hydrogens is 288 g/mol. The van der Waals surface area contributed by atoms with Gasteiger partial charge in [-0.25, -0.2) is 4.98 Å². The number of aromatic amines is 2. The highest BCUT2D eigenvalue weighted by Crippen LogP contribution is 2.19. The summed E-state index contributed by atoms with van der Waals surface area (Å²) in [6.45, 7) is 6.31.